The van der Waals surface area contributed by atoms with Gasteiger partial charge in [0.05, 0.1) is 4.91 Å². The fourth-order valence-corrected chi connectivity index (χ4v) is 5.99. The Bertz CT molecular complexity index is 1010. The van der Waals surface area contributed by atoms with Gasteiger partial charge in [0.25, 0.3) is 5.91 Å². The lowest BCUT2D eigenvalue weighted by atomic mass is 10.0. The van der Waals surface area contributed by atoms with Crippen LogP contribution in [0.3, 0.4) is 0 Å². The molecule has 0 saturated carbocycles. The lowest BCUT2D eigenvalue weighted by Gasteiger charge is -2.39. The number of hydrazine groups is 1. The summed E-state index contributed by atoms with van der Waals surface area (Å²) in [5.74, 6) is -0.740. The summed E-state index contributed by atoms with van der Waals surface area (Å²) in [4.78, 5) is 34.2. The van der Waals surface area contributed by atoms with Gasteiger partial charge >= 0.3 is 6.09 Å². The zero-order chi connectivity index (χ0) is 24.2. The van der Waals surface area contributed by atoms with Crippen LogP contribution >= 0.6 is 11.8 Å². The lowest BCUT2D eigenvalue weighted by Crippen LogP contribution is -2.48. The van der Waals surface area contributed by atoms with Crippen molar-refractivity contribution < 1.29 is 18.7 Å². The van der Waals surface area contributed by atoms with Gasteiger partial charge in [-0.2, -0.15) is 4.99 Å². The molecule has 10 heteroatoms. The van der Waals surface area contributed by atoms with Gasteiger partial charge in [-0.3, -0.25) is 9.80 Å². The summed E-state index contributed by atoms with van der Waals surface area (Å²) in [6.45, 7) is 5.18. The van der Waals surface area contributed by atoms with Crippen molar-refractivity contribution >= 4 is 35.0 Å². The van der Waals surface area contributed by atoms with Gasteiger partial charge < -0.3 is 14.5 Å². The molecule has 0 atom stereocenters. The van der Waals surface area contributed by atoms with Crippen molar-refractivity contribution in [1.82, 2.24) is 20.2 Å². The van der Waals surface area contributed by atoms with E-state index in [1.165, 1.54) is 49.2 Å². The van der Waals surface area contributed by atoms with E-state index >= 15 is 0 Å². The molecule has 4 aliphatic heterocycles. The van der Waals surface area contributed by atoms with E-state index in [-0.39, 0.29) is 11.7 Å². The molecule has 0 aliphatic carbocycles. The van der Waals surface area contributed by atoms with E-state index in [9.17, 15) is 14.0 Å². The van der Waals surface area contributed by atoms with Gasteiger partial charge in [0.2, 0.25) is 0 Å². The molecule has 5 rings (SSSR count). The smallest absolute Gasteiger partial charge is 0.409 e. The lowest BCUT2D eigenvalue weighted by molar-refractivity contribution is -0.113. The molecule has 0 spiro atoms. The average molecular weight is 502 g/mol. The van der Waals surface area contributed by atoms with Gasteiger partial charge in [0, 0.05) is 43.9 Å². The Kier molecular flexibility index (Phi) is 7.69. The predicted octanol–water partition coefficient (Wildman–Crippen LogP) is 3.85. The van der Waals surface area contributed by atoms with Gasteiger partial charge in [-0.1, -0.05) is 6.42 Å². The molecular weight excluding hydrogens is 469 g/mol. The minimum atomic E-state index is -0.501. The van der Waals surface area contributed by atoms with Gasteiger partial charge in [-0.25, -0.2) is 14.6 Å². The number of hydrogen-bond donors (Lipinski definition) is 1. The van der Waals surface area contributed by atoms with Crippen molar-refractivity contribution in [3.63, 3.8) is 0 Å². The molecule has 0 unspecified atom stereocenters. The first-order chi connectivity index (χ1) is 17.1. The van der Waals surface area contributed by atoms with Crippen molar-refractivity contribution in [3.8, 4) is 5.75 Å². The van der Waals surface area contributed by atoms with Crippen molar-refractivity contribution in [3.05, 3.63) is 34.5 Å². The van der Waals surface area contributed by atoms with Gasteiger partial charge in [-0.15, -0.1) is 0 Å². The molecule has 0 radical (unpaired) electrons. The largest absolute Gasteiger partial charge is 0.415 e. The first-order valence-electron chi connectivity index (χ1n) is 12.6. The second kappa shape index (κ2) is 11.1. The van der Waals surface area contributed by atoms with Crippen LogP contribution in [0.25, 0.3) is 6.08 Å². The highest BCUT2D eigenvalue weighted by atomic mass is 32.2. The molecule has 4 heterocycles. The zero-order valence-corrected chi connectivity index (χ0v) is 20.7. The summed E-state index contributed by atoms with van der Waals surface area (Å²) in [6.07, 6.45) is 8.92. The Morgan fingerprint density at radius 1 is 1.09 bits per heavy atom. The number of piperidine rings is 2. The Balaban J connectivity index is 1.23. The number of amides is 2. The van der Waals surface area contributed by atoms with E-state index in [2.05, 4.69) is 15.3 Å². The van der Waals surface area contributed by atoms with E-state index < -0.39 is 11.9 Å². The van der Waals surface area contributed by atoms with Crippen LogP contribution in [0, 0.1) is 5.82 Å². The third-order valence-electron chi connectivity index (χ3n) is 7.04. The Morgan fingerprint density at radius 2 is 1.86 bits per heavy atom. The SMILES string of the molecule is O=C1N=C(N2CCCCN2)S/C1=C\c1ccc(F)cc1OC(=O)N1CCC(N2CCCCC2)CC1. The summed E-state index contributed by atoms with van der Waals surface area (Å²) in [5, 5.41) is 2.50. The number of carbonyl (C=O) groups excluding carboxylic acids is 2. The Hall–Kier alpha value is -2.43. The number of thioether (sulfide) groups is 1. The van der Waals surface area contributed by atoms with Crippen LogP contribution in [-0.2, 0) is 4.79 Å². The van der Waals surface area contributed by atoms with Crippen LogP contribution in [0.4, 0.5) is 9.18 Å². The highest BCUT2D eigenvalue weighted by Gasteiger charge is 2.30. The van der Waals surface area contributed by atoms with Gasteiger partial charge in [0.1, 0.15) is 11.6 Å². The number of nitrogens with one attached hydrogen (secondary N) is 1. The normalized spacial score (nSPS) is 23.6. The number of carbonyl (C=O) groups is 2. The average Bonchev–Trinajstić information content (AvgIpc) is 3.27. The zero-order valence-electron chi connectivity index (χ0n) is 19.9. The number of benzene rings is 1. The fourth-order valence-electron chi connectivity index (χ4n) is 5.08. The summed E-state index contributed by atoms with van der Waals surface area (Å²) in [5.41, 5.74) is 3.72. The van der Waals surface area contributed by atoms with Crippen molar-refractivity contribution in [2.75, 3.05) is 39.3 Å². The third-order valence-corrected chi connectivity index (χ3v) is 8.05. The van der Waals surface area contributed by atoms with Crippen LogP contribution < -0.4 is 10.2 Å². The number of halogens is 1. The number of ether oxygens (including phenoxy) is 1. The number of hydrogen-bond acceptors (Lipinski definition) is 7. The van der Waals surface area contributed by atoms with Gasteiger partial charge in [-0.05, 0) is 81.6 Å². The molecule has 0 aromatic heterocycles. The molecule has 3 saturated heterocycles. The minimum absolute atomic E-state index is 0.110. The highest BCUT2D eigenvalue weighted by molar-refractivity contribution is 8.18. The molecule has 188 valence electrons. The Labute approximate surface area is 209 Å². The monoisotopic (exact) mass is 501 g/mol. The summed E-state index contributed by atoms with van der Waals surface area (Å²) >= 11 is 1.27. The summed E-state index contributed by atoms with van der Waals surface area (Å²) in [6, 6.07) is 4.54. The minimum Gasteiger partial charge on any atom is -0.409 e. The van der Waals surface area contributed by atoms with E-state index in [0.29, 0.717) is 34.8 Å². The molecule has 8 nitrogen and oxygen atoms in total. The summed E-state index contributed by atoms with van der Waals surface area (Å²) in [7, 11) is 0. The Morgan fingerprint density at radius 3 is 2.60 bits per heavy atom. The molecular formula is C25H32FN5O3S. The quantitative estimate of drug-likeness (QED) is 0.631. The van der Waals surface area contributed by atoms with E-state index in [4.69, 9.17) is 4.74 Å². The van der Waals surface area contributed by atoms with E-state index in [1.807, 2.05) is 5.01 Å². The topological polar surface area (TPSA) is 77.5 Å². The van der Waals surface area contributed by atoms with Crippen molar-refractivity contribution in [1.29, 1.82) is 0 Å². The van der Waals surface area contributed by atoms with Crippen LogP contribution in [0.1, 0.15) is 50.5 Å². The number of rotatable bonds is 3. The van der Waals surface area contributed by atoms with E-state index in [0.717, 1.165) is 51.9 Å². The number of likely N-dealkylation sites (tertiary alicyclic amines) is 2. The molecule has 2 amide bonds. The van der Waals surface area contributed by atoms with Crippen LogP contribution in [0.15, 0.2) is 28.1 Å². The molecule has 1 N–H and O–H groups in total. The molecule has 35 heavy (non-hydrogen) atoms. The number of amidine groups is 1. The second-order valence-corrected chi connectivity index (χ2v) is 10.5. The molecule has 1 aromatic carbocycles. The number of aliphatic imine (C=N–C) groups is 1. The van der Waals surface area contributed by atoms with Gasteiger partial charge in [0.15, 0.2) is 5.17 Å². The molecule has 1 aromatic rings. The molecule has 3 fully saturated rings. The highest BCUT2D eigenvalue weighted by Crippen LogP contribution is 2.33. The first-order valence-corrected chi connectivity index (χ1v) is 13.4. The van der Waals surface area contributed by atoms with Crippen molar-refractivity contribution in [2.24, 2.45) is 4.99 Å². The maximum atomic E-state index is 14.1. The second-order valence-electron chi connectivity index (χ2n) is 9.44. The van der Waals surface area contributed by atoms with Crippen LogP contribution in [-0.4, -0.2) is 77.3 Å². The van der Waals surface area contributed by atoms with Crippen LogP contribution in [0.5, 0.6) is 5.75 Å². The fraction of sp³-hybridized carbons (Fsp3) is 0.560. The number of nitrogens with zero attached hydrogens (tertiary/aromatic N) is 4. The standard InChI is InChI=1S/C25H32FN5O3S/c26-19-7-6-18(16-22-23(32)28-24(35-22)31-13-5-2-10-27-31)21(17-19)34-25(33)30-14-8-20(9-15-30)29-11-3-1-4-12-29/h6-7,16-17,20,27H,1-5,8-15H2/b22-16-. The molecule has 0 bridgehead atoms. The first kappa shape index (κ1) is 24.3. The third kappa shape index (κ3) is 5.87. The van der Waals surface area contributed by atoms with Crippen LogP contribution in [0.2, 0.25) is 0 Å². The maximum absolute atomic E-state index is 14.1. The summed E-state index contributed by atoms with van der Waals surface area (Å²) < 4.78 is 19.7. The predicted molar refractivity (Wildman–Crippen MR) is 134 cm³/mol. The van der Waals surface area contributed by atoms with E-state index in [1.54, 1.807) is 11.0 Å². The maximum Gasteiger partial charge on any atom is 0.415 e. The molecule has 4 aliphatic rings. The van der Waals surface area contributed by atoms with Crippen molar-refractivity contribution in [2.45, 2.75) is 51.0 Å².